The zero-order valence-electron chi connectivity index (χ0n) is 14.9. The average Bonchev–Trinajstić information content (AvgIpc) is 3.20. The maximum absolute atomic E-state index is 12.7. The van der Waals surface area contributed by atoms with Crippen LogP contribution in [0.3, 0.4) is 0 Å². The van der Waals surface area contributed by atoms with Crippen LogP contribution in [-0.2, 0) is 7.05 Å². The van der Waals surface area contributed by atoms with Crippen LogP contribution < -0.4 is 5.32 Å². The third-order valence-corrected chi connectivity index (χ3v) is 5.22. The van der Waals surface area contributed by atoms with Crippen molar-refractivity contribution in [3.63, 3.8) is 0 Å². The van der Waals surface area contributed by atoms with E-state index in [2.05, 4.69) is 20.4 Å². The van der Waals surface area contributed by atoms with Gasteiger partial charge < -0.3 is 0 Å². The van der Waals surface area contributed by atoms with Gasteiger partial charge in [-0.2, -0.15) is 5.10 Å². The number of nitrogens with zero attached hydrogens (tertiary/aromatic N) is 4. The van der Waals surface area contributed by atoms with Gasteiger partial charge in [-0.05, 0) is 38.1 Å². The second-order valence-electron chi connectivity index (χ2n) is 6.25. The molecule has 1 N–H and O–H groups in total. The van der Waals surface area contributed by atoms with Gasteiger partial charge in [-0.3, -0.25) is 19.8 Å². The molecule has 0 aliphatic rings. The normalized spacial score (nSPS) is 11.1. The van der Waals surface area contributed by atoms with Crippen LogP contribution in [-0.4, -0.2) is 25.7 Å². The lowest BCUT2D eigenvalue weighted by atomic mass is 10.1. The van der Waals surface area contributed by atoms with Gasteiger partial charge in [0, 0.05) is 34.6 Å². The number of fused-ring (bicyclic) bond motifs is 1. The average molecular weight is 398 g/mol. The molecule has 0 saturated carbocycles. The van der Waals surface area contributed by atoms with Crippen molar-refractivity contribution in [2.45, 2.75) is 13.8 Å². The van der Waals surface area contributed by atoms with Gasteiger partial charge >= 0.3 is 0 Å². The molecule has 0 spiro atoms. The minimum absolute atomic E-state index is 0.245. The van der Waals surface area contributed by atoms with Gasteiger partial charge in [0.1, 0.15) is 0 Å². The summed E-state index contributed by atoms with van der Waals surface area (Å²) in [6, 6.07) is 7.23. The molecule has 0 atom stereocenters. The first-order valence-electron chi connectivity index (χ1n) is 8.25. The van der Waals surface area contributed by atoms with Crippen molar-refractivity contribution in [2.75, 3.05) is 5.32 Å². The zero-order valence-corrected chi connectivity index (χ0v) is 16.5. The van der Waals surface area contributed by atoms with Gasteiger partial charge in [0.25, 0.3) is 5.91 Å². The molecule has 136 valence electrons. The molecule has 3 heterocycles. The summed E-state index contributed by atoms with van der Waals surface area (Å²) in [6.45, 7) is 3.75. The second kappa shape index (κ2) is 6.75. The summed E-state index contributed by atoms with van der Waals surface area (Å²) in [4.78, 5) is 21.8. The first-order chi connectivity index (χ1) is 12.9. The lowest BCUT2D eigenvalue weighted by Crippen LogP contribution is -2.14. The number of aryl methyl sites for hydroxylation is 3. The fourth-order valence-corrected chi connectivity index (χ4v) is 3.83. The summed E-state index contributed by atoms with van der Waals surface area (Å²) < 4.78 is 1.75. The molecule has 27 heavy (non-hydrogen) atoms. The molecular formula is C19H16ClN5OS. The van der Waals surface area contributed by atoms with Gasteiger partial charge in [-0.1, -0.05) is 11.6 Å². The Hall–Kier alpha value is -2.77. The van der Waals surface area contributed by atoms with E-state index in [1.165, 1.54) is 11.3 Å². The van der Waals surface area contributed by atoms with E-state index in [4.69, 9.17) is 11.6 Å². The van der Waals surface area contributed by atoms with Gasteiger partial charge in [-0.25, -0.2) is 4.98 Å². The number of hydrogen-bond acceptors (Lipinski definition) is 5. The van der Waals surface area contributed by atoms with E-state index in [-0.39, 0.29) is 5.91 Å². The Bertz CT molecular complexity index is 1180. The third kappa shape index (κ3) is 3.43. The molecule has 4 rings (SSSR count). The SMILES string of the molecule is Cc1nc2ccc(Cl)cc2cc1C(=O)Nc1nc(-c2cn(C)nc2C)cs1. The van der Waals surface area contributed by atoms with Gasteiger partial charge in [0.2, 0.25) is 0 Å². The molecule has 0 aliphatic carbocycles. The number of pyridine rings is 1. The van der Waals surface area contributed by atoms with Crippen molar-refractivity contribution in [1.29, 1.82) is 0 Å². The van der Waals surface area contributed by atoms with Crippen LogP contribution in [0.4, 0.5) is 5.13 Å². The van der Waals surface area contributed by atoms with Crippen molar-refractivity contribution in [3.8, 4) is 11.3 Å². The van der Waals surface area contributed by atoms with E-state index >= 15 is 0 Å². The van der Waals surface area contributed by atoms with Crippen LogP contribution in [0.1, 0.15) is 21.7 Å². The maximum atomic E-state index is 12.7. The number of carbonyl (C=O) groups excluding carboxylic acids is 1. The van der Waals surface area contributed by atoms with E-state index in [9.17, 15) is 4.79 Å². The van der Waals surface area contributed by atoms with Crippen molar-refractivity contribution < 1.29 is 4.79 Å². The Kier molecular flexibility index (Phi) is 4.41. The highest BCUT2D eigenvalue weighted by Gasteiger charge is 2.15. The monoisotopic (exact) mass is 397 g/mol. The molecule has 1 aromatic carbocycles. The number of thiazole rings is 1. The van der Waals surface area contributed by atoms with Crippen molar-refractivity contribution >= 4 is 44.9 Å². The van der Waals surface area contributed by atoms with Gasteiger partial charge in [0.05, 0.1) is 28.2 Å². The first-order valence-corrected chi connectivity index (χ1v) is 9.51. The minimum Gasteiger partial charge on any atom is -0.298 e. The molecule has 0 bridgehead atoms. The molecule has 6 nitrogen and oxygen atoms in total. The molecule has 4 aromatic rings. The van der Waals surface area contributed by atoms with E-state index in [1.54, 1.807) is 22.9 Å². The largest absolute Gasteiger partial charge is 0.298 e. The highest BCUT2D eigenvalue weighted by molar-refractivity contribution is 7.14. The topological polar surface area (TPSA) is 72.7 Å². The fourth-order valence-electron chi connectivity index (χ4n) is 2.94. The fraction of sp³-hybridized carbons (Fsp3) is 0.158. The highest BCUT2D eigenvalue weighted by Crippen LogP contribution is 2.27. The minimum atomic E-state index is -0.245. The Morgan fingerprint density at radius 1 is 1.19 bits per heavy atom. The zero-order chi connectivity index (χ0) is 19.1. The van der Waals surface area contributed by atoms with Crippen LogP contribution in [0.25, 0.3) is 22.2 Å². The van der Waals surface area contributed by atoms with E-state index < -0.39 is 0 Å². The number of aromatic nitrogens is 4. The number of benzene rings is 1. The van der Waals surface area contributed by atoms with Crippen molar-refractivity contribution in [1.82, 2.24) is 19.7 Å². The Balaban J connectivity index is 1.62. The summed E-state index contributed by atoms with van der Waals surface area (Å²) in [5, 5.41) is 11.1. The molecule has 0 radical (unpaired) electrons. The van der Waals surface area contributed by atoms with Crippen LogP contribution >= 0.6 is 22.9 Å². The second-order valence-corrected chi connectivity index (χ2v) is 7.55. The molecule has 0 saturated heterocycles. The maximum Gasteiger partial charge on any atom is 0.259 e. The number of rotatable bonds is 3. The van der Waals surface area contributed by atoms with Crippen LogP contribution in [0.15, 0.2) is 35.8 Å². The predicted molar refractivity (Wildman–Crippen MR) is 108 cm³/mol. The lowest BCUT2D eigenvalue weighted by molar-refractivity contribution is 0.102. The van der Waals surface area contributed by atoms with Crippen molar-refractivity contribution in [2.24, 2.45) is 7.05 Å². The van der Waals surface area contributed by atoms with Crippen LogP contribution in [0.2, 0.25) is 5.02 Å². The molecule has 0 fully saturated rings. The summed E-state index contributed by atoms with van der Waals surface area (Å²) in [6.07, 6.45) is 1.91. The molecular weight excluding hydrogens is 382 g/mol. The Morgan fingerprint density at radius 2 is 2.00 bits per heavy atom. The molecule has 3 aromatic heterocycles. The van der Waals surface area contributed by atoms with Crippen LogP contribution in [0, 0.1) is 13.8 Å². The standard InChI is InChI=1S/C19H16ClN5OS/c1-10-14(7-12-6-13(20)4-5-16(12)21-10)18(26)23-19-22-17(9-27-19)15-8-25(3)24-11(15)2/h4-9H,1-3H3,(H,22,23,26). The number of nitrogens with one attached hydrogen (secondary N) is 1. The molecule has 0 aliphatic heterocycles. The summed E-state index contributed by atoms with van der Waals surface area (Å²) >= 11 is 7.43. The van der Waals surface area contributed by atoms with Gasteiger partial charge in [-0.15, -0.1) is 11.3 Å². The quantitative estimate of drug-likeness (QED) is 0.547. The third-order valence-electron chi connectivity index (χ3n) is 4.23. The van der Waals surface area contributed by atoms with Crippen LogP contribution in [0.5, 0.6) is 0 Å². The highest BCUT2D eigenvalue weighted by atomic mass is 35.5. The Labute approximate surface area is 164 Å². The smallest absolute Gasteiger partial charge is 0.259 e. The number of carbonyl (C=O) groups is 1. The number of hydrogen-bond donors (Lipinski definition) is 1. The number of halogens is 1. The summed E-state index contributed by atoms with van der Waals surface area (Å²) in [5.41, 5.74) is 4.60. The summed E-state index contributed by atoms with van der Waals surface area (Å²) in [5.74, 6) is -0.245. The van der Waals surface area contributed by atoms with Crippen molar-refractivity contribution in [3.05, 3.63) is 57.8 Å². The number of anilines is 1. The number of amides is 1. The van der Waals surface area contributed by atoms with Gasteiger partial charge in [0.15, 0.2) is 5.13 Å². The first kappa shape index (κ1) is 17.6. The predicted octanol–water partition coefficient (Wildman–Crippen LogP) is 4.61. The molecule has 8 heteroatoms. The molecule has 1 amide bonds. The lowest BCUT2D eigenvalue weighted by Gasteiger charge is -2.07. The summed E-state index contributed by atoms with van der Waals surface area (Å²) in [7, 11) is 1.87. The molecule has 0 unspecified atom stereocenters. The van der Waals surface area contributed by atoms with E-state index in [1.807, 2.05) is 38.5 Å². The van der Waals surface area contributed by atoms with E-state index in [0.29, 0.717) is 21.4 Å². The Morgan fingerprint density at radius 3 is 2.74 bits per heavy atom. The van der Waals surface area contributed by atoms with E-state index in [0.717, 1.165) is 27.9 Å².